The second-order valence-corrected chi connectivity index (χ2v) is 5.51. The van der Waals surface area contributed by atoms with Crippen molar-refractivity contribution in [2.24, 2.45) is 5.92 Å². The van der Waals surface area contributed by atoms with Crippen LogP contribution in [0.4, 0.5) is 0 Å². The lowest BCUT2D eigenvalue weighted by Gasteiger charge is -2.21. The van der Waals surface area contributed by atoms with Crippen LogP contribution in [-0.2, 0) is 0 Å². The van der Waals surface area contributed by atoms with Gasteiger partial charge in [0.15, 0.2) is 0 Å². The van der Waals surface area contributed by atoms with Gasteiger partial charge in [0.05, 0.1) is 0 Å². The monoisotopic (exact) mass is 269 g/mol. The van der Waals surface area contributed by atoms with E-state index in [-0.39, 0.29) is 0 Å². The van der Waals surface area contributed by atoms with Gasteiger partial charge in [-0.05, 0) is 36.0 Å². The van der Waals surface area contributed by atoms with E-state index in [0.717, 1.165) is 5.92 Å². The van der Waals surface area contributed by atoms with Gasteiger partial charge >= 0.3 is 0 Å². The average Bonchev–Trinajstić information content (AvgIpc) is 2.29. The molecule has 1 rings (SSSR count). The third-order valence-corrected chi connectivity index (χ3v) is 4.27. The van der Waals surface area contributed by atoms with Crippen LogP contribution >= 0.6 is 15.9 Å². The third kappa shape index (κ3) is 3.94. The molecule has 1 aromatic heterocycles. The second-order valence-electron chi connectivity index (χ2n) is 4.33. The van der Waals surface area contributed by atoms with Crippen LogP contribution in [0.3, 0.4) is 0 Å². The molecule has 0 aliphatic carbocycles. The molecule has 0 saturated heterocycles. The highest BCUT2D eigenvalue weighted by Gasteiger charge is 2.17. The van der Waals surface area contributed by atoms with Crippen molar-refractivity contribution < 1.29 is 0 Å². The van der Waals surface area contributed by atoms with Gasteiger partial charge in [-0.3, -0.25) is 4.98 Å². The fraction of sp³-hybridized carbons (Fsp3) is 0.615. The Hall–Kier alpha value is -0.370. The van der Waals surface area contributed by atoms with Gasteiger partial charge < -0.3 is 0 Å². The van der Waals surface area contributed by atoms with Gasteiger partial charge in [-0.15, -0.1) is 0 Å². The lowest BCUT2D eigenvalue weighted by molar-refractivity contribution is 0.484. The first-order valence-electron chi connectivity index (χ1n) is 5.69. The first-order valence-corrected chi connectivity index (χ1v) is 6.60. The van der Waals surface area contributed by atoms with Crippen LogP contribution in [0.2, 0.25) is 0 Å². The Bertz CT molecular complexity index is 273. The zero-order valence-corrected chi connectivity index (χ0v) is 11.4. The molecule has 3 unspecified atom stereocenters. The Morgan fingerprint density at radius 3 is 2.40 bits per heavy atom. The highest BCUT2D eigenvalue weighted by Crippen LogP contribution is 2.29. The highest BCUT2D eigenvalue weighted by atomic mass is 79.9. The average molecular weight is 270 g/mol. The summed E-state index contributed by atoms with van der Waals surface area (Å²) in [4.78, 5) is 4.61. The summed E-state index contributed by atoms with van der Waals surface area (Å²) in [5, 5.41) is 0. The van der Waals surface area contributed by atoms with Gasteiger partial charge in [0.25, 0.3) is 0 Å². The largest absolute Gasteiger partial charge is 0.265 e. The molecule has 0 bridgehead atoms. The Balaban J connectivity index is 2.57. The summed E-state index contributed by atoms with van der Waals surface area (Å²) in [6, 6.07) is 4.21. The molecule has 0 spiro atoms. The van der Waals surface area contributed by atoms with Crippen molar-refractivity contribution in [3.8, 4) is 0 Å². The zero-order valence-electron chi connectivity index (χ0n) is 9.78. The number of rotatable bonds is 5. The van der Waals surface area contributed by atoms with Crippen LogP contribution in [0.1, 0.15) is 45.1 Å². The predicted octanol–water partition coefficient (Wildman–Crippen LogP) is 4.38. The summed E-state index contributed by atoms with van der Waals surface area (Å²) in [7, 11) is 0. The Morgan fingerprint density at radius 1 is 1.27 bits per heavy atom. The van der Waals surface area contributed by atoms with Crippen LogP contribution in [-0.4, -0.2) is 9.81 Å². The van der Waals surface area contributed by atoms with E-state index in [1.807, 2.05) is 12.4 Å². The van der Waals surface area contributed by atoms with Crippen LogP contribution in [0, 0.1) is 5.92 Å². The quantitative estimate of drug-likeness (QED) is 0.723. The number of nitrogens with zero attached hydrogens (tertiary/aromatic N) is 1. The summed E-state index contributed by atoms with van der Waals surface area (Å²) < 4.78 is 0. The molecule has 0 radical (unpaired) electrons. The minimum Gasteiger partial charge on any atom is -0.265 e. The second kappa shape index (κ2) is 6.26. The predicted molar refractivity (Wildman–Crippen MR) is 69.4 cm³/mol. The van der Waals surface area contributed by atoms with E-state index in [0.29, 0.717) is 10.7 Å². The van der Waals surface area contributed by atoms with Crippen molar-refractivity contribution in [1.82, 2.24) is 4.98 Å². The van der Waals surface area contributed by atoms with E-state index in [2.05, 4.69) is 53.8 Å². The van der Waals surface area contributed by atoms with E-state index in [1.54, 1.807) is 0 Å². The molecule has 0 amide bonds. The number of halogens is 1. The van der Waals surface area contributed by atoms with Crippen molar-refractivity contribution in [3.63, 3.8) is 0 Å². The van der Waals surface area contributed by atoms with E-state index < -0.39 is 0 Å². The standard InChI is InChI=1S/C13H20BrN/c1-4-10(2)9-13(14)11(3)12-5-7-15-8-6-12/h5-8,10-11,13H,4,9H2,1-3H3. The summed E-state index contributed by atoms with van der Waals surface area (Å²) in [5.74, 6) is 1.35. The topological polar surface area (TPSA) is 12.9 Å². The van der Waals surface area contributed by atoms with Gasteiger partial charge in [0, 0.05) is 17.2 Å². The first kappa shape index (κ1) is 12.7. The van der Waals surface area contributed by atoms with Crippen molar-refractivity contribution in [3.05, 3.63) is 30.1 Å². The third-order valence-electron chi connectivity index (χ3n) is 3.10. The molecule has 15 heavy (non-hydrogen) atoms. The molecule has 1 aromatic rings. The van der Waals surface area contributed by atoms with Crippen molar-refractivity contribution in [2.75, 3.05) is 0 Å². The highest BCUT2D eigenvalue weighted by molar-refractivity contribution is 9.09. The summed E-state index contributed by atoms with van der Waals surface area (Å²) in [5.41, 5.74) is 1.37. The molecule has 84 valence electrons. The molecular weight excluding hydrogens is 250 g/mol. The van der Waals surface area contributed by atoms with E-state index in [4.69, 9.17) is 0 Å². The van der Waals surface area contributed by atoms with Gasteiger partial charge in [-0.2, -0.15) is 0 Å². The molecular formula is C13H20BrN. The summed E-state index contributed by atoms with van der Waals surface area (Å²) in [6.07, 6.45) is 6.23. The van der Waals surface area contributed by atoms with Crippen LogP contribution in [0.5, 0.6) is 0 Å². The van der Waals surface area contributed by atoms with Gasteiger partial charge in [0.2, 0.25) is 0 Å². The molecule has 3 atom stereocenters. The van der Waals surface area contributed by atoms with E-state index in [1.165, 1.54) is 18.4 Å². The fourth-order valence-corrected chi connectivity index (χ4v) is 2.57. The van der Waals surface area contributed by atoms with Crippen LogP contribution in [0.25, 0.3) is 0 Å². The van der Waals surface area contributed by atoms with Crippen LogP contribution in [0.15, 0.2) is 24.5 Å². The van der Waals surface area contributed by atoms with E-state index in [9.17, 15) is 0 Å². The molecule has 0 N–H and O–H groups in total. The molecule has 2 heteroatoms. The number of pyridine rings is 1. The SMILES string of the molecule is CCC(C)CC(Br)C(C)c1ccncc1. The maximum absolute atomic E-state index is 4.05. The summed E-state index contributed by atoms with van der Waals surface area (Å²) >= 11 is 3.80. The maximum Gasteiger partial charge on any atom is 0.0270 e. The molecule has 0 saturated carbocycles. The molecule has 0 aliphatic heterocycles. The lowest BCUT2D eigenvalue weighted by atomic mass is 9.92. The zero-order chi connectivity index (χ0) is 11.3. The number of hydrogen-bond donors (Lipinski definition) is 0. The molecule has 0 aliphatic rings. The van der Waals surface area contributed by atoms with Crippen molar-refractivity contribution in [1.29, 1.82) is 0 Å². The Kier molecular flexibility index (Phi) is 5.30. The number of aromatic nitrogens is 1. The molecule has 0 fully saturated rings. The normalized spacial score (nSPS) is 17.1. The van der Waals surface area contributed by atoms with Gasteiger partial charge in [-0.1, -0.05) is 43.1 Å². The molecule has 0 aromatic carbocycles. The van der Waals surface area contributed by atoms with Crippen molar-refractivity contribution >= 4 is 15.9 Å². The minimum atomic E-state index is 0.557. The fourth-order valence-electron chi connectivity index (χ4n) is 1.63. The Morgan fingerprint density at radius 2 is 1.87 bits per heavy atom. The molecule has 1 nitrogen and oxygen atoms in total. The smallest absolute Gasteiger partial charge is 0.0270 e. The van der Waals surface area contributed by atoms with Gasteiger partial charge in [0.1, 0.15) is 0 Å². The van der Waals surface area contributed by atoms with E-state index >= 15 is 0 Å². The maximum atomic E-state index is 4.05. The van der Waals surface area contributed by atoms with Crippen LogP contribution < -0.4 is 0 Å². The number of hydrogen-bond acceptors (Lipinski definition) is 1. The van der Waals surface area contributed by atoms with Gasteiger partial charge in [-0.25, -0.2) is 0 Å². The minimum absolute atomic E-state index is 0.557. The summed E-state index contributed by atoms with van der Waals surface area (Å²) in [6.45, 7) is 6.84. The first-order chi connectivity index (χ1) is 7.15. The number of alkyl halides is 1. The molecule has 1 heterocycles. The lowest BCUT2D eigenvalue weighted by Crippen LogP contribution is -2.12. The van der Waals surface area contributed by atoms with Crippen molar-refractivity contribution in [2.45, 2.75) is 44.4 Å². The Labute approximate surface area is 101 Å².